The number of ether oxygens (including phenoxy) is 1. The lowest BCUT2D eigenvalue weighted by atomic mass is 9.93. The molecule has 1 atom stereocenters. The van der Waals surface area contributed by atoms with Crippen LogP contribution >= 0.6 is 0 Å². The lowest BCUT2D eigenvalue weighted by molar-refractivity contribution is -0.384. The first-order valence-corrected chi connectivity index (χ1v) is 9.34. The summed E-state index contributed by atoms with van der Waals surface area (Å²) in [5, 5.41) is 10.8. The highest BCUT2D eigenvalue weighted by Crippen LogP contribution is 2.26. The van der Waals surface area contributed by atoms with Crippen molar-refractivity contribution in [2.24, 2.45) is 0 Å². The number of fused-ring (bicyclic) bond motifs is 1. The molecule has 30 heavy (non-hydrogen) atoms. The average Bonchev–Trinajstić information content (AvgIpc) is 3.31. The number of esters is 1. The molecule has 1 aliphatic heterocycles. The van der Waals surface area contributed by atoms with Crippen molar-refractivity contribution >= 4 is 17.6 Å². The van der Waals surface area contributed by atoms with Crippen LogP contribution in [0.25, 0.3) is 0 Å². The Hall–Kier alpha value is -3.94. The monoisotopic (exact) mass is 406 g/mol. The molecule has 2 aromatic carbocycles. The van der Waals surface area contributed by atoms with Crippen LogP contribution < -0.4 is 0 Å². The Balaban J connectivity index is 1.52. The number of furan rings is 1. The minimum Gasteiger partial charge on any atom is -0.459 e. The Morgan fingerprint density at radius 3 is 2.47 bits per heavy atom. The summed E-state index contributed by atoms with van der Waals surface area (Å²) in [6, 6.07) is 15.8. The van der Waals surface area contributed by atoms with Gasteiger partial charge in [0.05, 0.1) is 11.2 Å². The van der Waals surface area contributed by atoms with Gasteiger partial charge in [0.1, 0.15) is 12.6 Å². The first-order valence-electron chi connectivity index (χ1n) is 9.34. The summed E-state index contributed by atoms with van der Waals surface area (Å²) in [5.74, 6) is -0.767. The number of hydrogen-bond donors (Lipinski definition) is 0. The van der Waals surface area contributed by atoms with Crippen molar-refractivity contribution in [1.29, 1.82) is 0 Å². The van der Waals surface area contributed by atoms with Gasteiger partial charge in [0, 0.05) is 25.1 Å². The zero-order valence-corrected chi connectivity index (χ0v) is 15.9. The molecule has 4 rings (SSSR count). The quantitative estimate of drug-likeness (QED) is 0.365. The lowest BCUT2D eigenvalue weighted by Gasteiger charge is -2.34. The number of carbonyl (C=O) groups is 2. The Bertz CT molecular complexity index is 1080. The summed E-state index contributed by atoms with van der Waals surface area (Å²) >= 11 is 0. The average molecular weight is 406 g/mol. The highest BCUT2D eigenvalue weighted by atomic mass is 16.6. The van der Waals surface area contributed by atoms with E-state index in [1.54, 1.807) is 12.1 Å². The van der Waals surface area contributed by atoms with Gasteiger partial charge in [0.25, 0.3) is 11.6 Å². The van der Waals surface area contributed by atoms with Crippen LogP contribution in [0, 0.1) is 10.1 Å². The number of hydrogen-bond acceptors (Lipinski definition) is 6. The van der Waals surface area contributed by atoms with Crippen molar-refractivity contribution in [1.82, 2.24) is 4.90 Å². The minimum atomic E-state index is -0.796. The Labute approximate surface area is 171 Å². The van der Waals surface area contributed by atoms with E-state index in [2.05, 4.69) is 0 Å². The van der Waals surface area contributed by atoms with Crippen LogP contribution in [0.1, 0.15) is 27.2 Å². The molecule has 0 spiro atoms. The van der Waals surface area contributed by atoms with Gasteiger partial charge in [-0.15, -0.1) is 0 Å². The molecule has 0 saturated carbocycles. The second-order valence-electron chi connectivity index (χ2n) is 6.93. The van der Waals surface area contributed by atoms with Crippen molar-refractivity contribution in [2.45, 2.75) is 25.6 Å². The number of non-ortho nitro benzene ring substituents is 1. The molecule has 0 saturated heterocycles. The first kappa shape index (κ1) is 19.4. The number of nitrogens with zero attached hydrogens (tertiary/aromatic N) is 2. The van der Waals surface area contributed by atoms with E-state index in [9.17, 15) is 19.7 Å². The Morgan fingerprint density at radius 2 is 1.80 bits per heavy atom. The molecule has 152 valence electrons. The number of nitro benzene ring substituents is 1. The Kier molecular flexibility index (Phi) is 5.30. The molecule has 0 fully saturated rings. The molecule has 8 heteroatoms. The highest BCUT2D eigenvalue weighted by molar-refractivity contribution is 5.95. The van der Waals surface area contributed by atoms with E-state index in [4.69, 9.17) is 9.15 Å². The van der Waals surface area contributed by atoms with Gasteiger partial charge in [-0.2, -0.15) is 0 Å². The maximum absolute atomic E-state index is 12.9. The van der Waals surface area contributed by atoms with Crippen molar-refractivity contribution in [3.8, 4) is 0 Å². The molecule has 3 aromatic rings. The van der Waals surface area contributed by atoms with Crippen molar-refractivity contribution in [3.63, 3.8) is 0 Å². The van der Waals surface area contributed by atoms with Crippen LogP contribution in [-0.4, -0.2) is 27.7 Å². The number of benzene rings is 2. The normalized spacial score (nSPS) is 15.3. The first-order chi connectivity index (χ1) is 14.5. The number of nitro groups is 1. The third-order valence-corrected chi connectivity index (χ3v) is 5.04. The molecular formula is C22H18N2O6. The summed E-state index contributed by atoms with van der Waals surface area (Å²) in [6.07, 6.45) is 1.74. The van der Waals surface area contributed by atoms with Crippen LogP contribution in [0.2, 0.25) is 0 Å². The van der Waals surface area contributed by atoms with Crippen LogP contribution in [0.5, 0.6) is 0 Å². The Morgan fingerprint density at radius 1 is 1.07 bits per heavy atom. The summed E-state index contributed by atoms with van der Waals surface area (Å²) in [6.45, 7) is 0.227. The van der Waals surface area contributed by atoms with E-state index in [-0.39, 0.29) is 30.5 Å². The van der Waals surface area contributed by atoms with E-state index >= 15 is 0 Å². The van der Waals surface area contributed by atoms with Gasteiger partial charge < -0.3 is 14.1 Å². The maximum Gasteiger partial charge on any atom is 0.329 e. The fourth-order valence-electron chi connectivity index (χ4n) is 3.45. The summed E-state index contributed by atoms with van der Waals surface area (Å²) in [5.41, 5.74) is 2.54. The third kappa shape index (κ3) is 3.93. The third-order valence-electron chi connectivity index (χ3n) is 5.04. The molecule has 0 radical (unpaired) electrons. The van der Waals surface area contributed by atoms with Gasteiger partial charge in [-0.25, -0.2) is 4.79 Å². The van der Waals surface area contributed by atoms with Gasteiger partial charge >= 0.3 is 5.97 Å². The fourth-order valence-corrected chi connectivity index (χ4v) is 3.45. The molecule has 0 bridgehead atoms. The number of rotatable bonds is 5. The van der Waals surface area contributed by atoms with Crippen LogP contribution in [0.15, 0.2) is 71.3 Å². The molecule has 1 amide bonds. The predicted molar refractivity (Wildman–Crippen MR) is 105 cm³/mol. The molecule has 0 N–H and O–H groups in total. The van der Waals surface area contributed by atoms with Gasteiger partial charge in [0.15, 0.2) is 5.76 Å². The predicted octanol–water partition coefficient (Wildman–Crippen LogP) is 3.50. The zero-order valence-electron chi connectivity index (χ0n) is 15.9. The summed E-state index contributed by atoms with van der Waals surface area (Å²) in [7, 11) is 0. The molecular weight excluding hydrogens is 388 g/mol. The standard InChI is InChI=1S/C22H18N2O6/c25-21(20-6-3-11-29-20)23-13-17-5-2-1-4-16(17)12-19(23)22(26)30-14-15-7-9-18(10-8-15)24(27)28/h1-11,19H,12-14H2/t19-/m0/s1. The van der Waals surface area contributed by atoms with Crippen LogP contribution in [0.3, 0.4) is 0 Å². The smallest absolute Gasteiger partial charge is 0.329 e. The van der Waals surface area contributed by atoms with E-state index in [0.717, 1.165) is 11.1 Å². The van der Waals surface area contributed by atoms with Crippen LogP contribution in [-0.2, 0) is 29.1 Å². The van der Waals surface area contributed by atoms with Crippen molar-refractivity contribution in [3.05, 3.63) is 99.5 Å². The maximum atomic E-state index is 12.9. The molecule has 8 nitrogen and oxygen atoms in total. The fraction of sp³-hybridized carbons (Fsp3) is 0.182. The van der Waals surface area contributed by atoms with E-state index < -0.39 is 16.9 Å². The van der Waals surface area contributed by atoms with E-state index in [1.165, 1.54) is 35.4 Å². The van der Waals surface area contributed by atoms with Crippen LogP contribution in [0.4, 0.5) is 5.69 Å². The SMILES string of the molecule is O=C(OCc1ccc([N+](=O)[O-])cc1)[C@@H]1Cc2ccccc2CN1C(=O)c1ccco1. The summed E-state index contributed by atoms with van der Waals surface area (Å²) in [4.78, 5) is 37.5. The highest BCUT2D eigenvalue weighted by Gasteiger charge is 2.37. The second kappa shape index (κ2) is 8.20. The van der Waals surface area contributed by atoms with E-state index in [1.807, 2.05) is 24.3 Å². The minimum absolute atomic E-state index is 0.0378. The molecule has 0 aliphatic carbocycles. The molecule has 1 aliphatic rings. The number of amides is 1. The molecule has 1 aromatic heterocycles. The van der Waals surface area contributed by atoms with E-state index in [0.29, 0.717) is 12.0 Å². The second-order valence-corrected chi connectivity index (χ2v) is 6.93. The van der Waals surface area contributed by atoms with Gasteiger partial charge in [-0.1, -0.05) is 24.3 Å². The summed E-state index contributed by atoms with van der Waals surface area (Å²) < 4.78 is 10.7. The largest absolute Gasteiger partial charge is 0.459 e. The zero-order chi connectivity index (χ0) is 21.1. The van der Waals surface area contributed by atoms with Gasteiger partial charge in [0.2, 0.25) is 0 Å². The number of carbonyl (C=O) groups excluding carboxylic acids is 2. The molecule has 2 heterocycles. The van der Waals surface area contributed by atoms with Gasteiger partial charge in [-0.05, 0) is 41.0 Å². The van der Waals surface area contributed by atoms with Crippen molar-refractivity contribution < 1.29 is 23.7 Å². The van der Waals surface area contributed by atoms with Gasteiger partial charge in [-0.3, -0.25) is 14.9 Å². The topological polar surface area (TPSA) is 103 Å². The molecule has 0 unspecified atom stereocenters. The lowest BCUT2D eigenvalue weighted by Crippen LogP contribution is -2.49. The van der Waals surface area contributed by atoms with Crippen molar-refractivity contribution in [2.75, 3.05) is 0 Å².